The van der Waals surface area contributed by atoms with Crippen LogP contribution in [0.1, 0.15) is 63.9 Å². The fraction of sp³-hybridized carbons (Fsp3) is 0.536. The van der Waals surface area contributed by atoms with E-state index in [1.807, 2.05) is 24.3 Å². The standard InChI is InChI=1S/C28H40N2O3.BrH/c1-2-3-4-5-14-22-32-27-18-11-10-17-26(27)29-28(31)33-23-21-30(19-12-7-13-20-30)24-25-15-8-6-9-16-25;/h6,8-11,15-18H,2-5,7,12-14,19-24H2,1H3;1H. The zero-order valence-electron chi connectivity index (χ0n) is 20.6. The van der Waals surface area contributed by atoms with Crippen molar-refractivity contribution in [2.24, 2.45) is 0 Å². The van der Waals surface area contributed by atoms with Gasteiger partial charge in [-0.1, -0.05) is 75.1 Å². The van der Waals surface area contributed by atoms with Crippen molar-refractivity contribution >= 4 is 11.8 Å². The van der Waals surface area contributed by atoms with Gasteiger partial charge in [0.15, 0.2) is 0 Å². The molecule has 1 saturated heterocycles. The lowest BCUT2D eigenvalue weighted by Crippen LogP contribution is -3.00. The number of para-hydroxylation sites is 2. The summed E-state index contributed by atoms with van der Waals surface area (Å²) >= 11 is 0. The van der Waals surface area contributed by atoms with Gasteiger partial charge >= 0.3 is 6.09 Å². The van der Waals surface area contributed by atoms with E-state index in [-0.39, 0.29) is 17.0 Å². The van der Waals surface area contributed by atoms with Crippen LogP contribution in [0.15, 0.2) is 54.6 Å². The third-order valence-electron chi connectivity index (χ3n) is 6.55. The van der Waals surface area contributed by atoms with Gasteiger partial charge in [-0.25, -0.2) is 4.79 Å². The molecule has 1 amide bonds. The topological polar surface area (TPSA) is 47.6 Å². The molecule has 188 valence electrons. The van der Waals surface area contributed by atoms with E-state index in [0.717, 1.165) is 37.1 Å². The number of nitrogens with one attached hydrogen (secondary N) is 1. The molecular weight excluding hydrogens is 492 g/mol. The monoisotopic (exact) mass is 532 g/mol. The first-order valence-electron chi connectivity index (χ1n) is 12.8. The van der Waals surface area contributed by atoms with Gasteiger partial charge in [-0.2, -0.15) is 0 Å². The number of likely N-dealkylation sites (tertiary alicyclic amines) is 1. The van der Waals surface area contributed by atoms with Crippen LogP contribution in [0, 0.1) is 0 Å². The fourth-order valence-electron chi connectivity index (χ4n) is 4.68. The van der Waals surface area contributed by atoms with Gasteiger partial charge in [0.2, 0.25) is 0 Å². The highest BCUT2D eigenvalue weighted by atomic mass is 79.9. The summed E-state index contributed by atoms with van der Waals surface area (Å²) in [4.78, 5) is 12.5. The number of carbonyl (C=O) groups excluding carboxylic acids is 1. The summed E-state index contributed by atoms with van der Waals surface area (Å²) in [5.41, 5.74) is 2.02. The van der Waals surface area contributed by atoms with Gasteiger partial charge in [-0.3, -0.25) is 5.32 Å². The first-order chi connectivity index (χ1) is 16.2. The molecule has 1 N–H and O–H groups in total. The Morgan fingerprint density at radius 2 is 1.59 bits per heavy atom. The smallest absolute Gasteiger partial charge is 0.411 e. The summed E-state index contributed by atoms with van der Waals surface area (Å²) in [6, 6.07) is 18.2. The molecule has 0 aromatic heterocycles. The quantitative estimate of drug-likeness (QED) is 0.315. The van der Waals surface area contributed by atoms with Crippen molar-refractivity contribution in [3.05, 3.63) is 60.2 Å². The minimum absolute atomic E-state index is 0. The Labute approximate surface area is 216 Å². The number of halogens is 1. The molecule has 0 bridgehead atoms. The number of rotatable bonds is 13. The van der Waals surface area contributed by atoms with Crippen LogP contribution in [-0.2, 0) is 11.3 Å². The molecule has 0 spiro atoms. The number of quaternary nitrogens is 1. The molecule has 0 unspecified atom stereocenters. The van der Waals surface area contributed by atoms with Gasteiger partial charge in [0.25, 0.3) is 0 Å². The molecule has 1 aliphatic rings. The van der Waals surface area contributed by atoms with Gasteiger partial charge in [0, 0.05) is 5.56 Å². The minimum atomic E-state index is -0.413. The van der Waals surface area contributed by atoms with Crippen molar-refractivity contribution < 1.29 is 35.7 Å². The van der Waals surface area contributed by atoms with Gasteiger partial charge in [-0.15, -0.1) is 0 Å². The summed E-state index contributed by atoms with van der Waals surface area (Å²) in [5, 5.41) is 2.88. The van der Waals surface area contributed by atoms with Crippen molar-refractivity contribution in [1.29, 1.82) is 0 Å². The summed E-state index contributed by atoms with van der Waals surface area (Å²) in [7, 11) is 0. The summed E-state index contributed by atoms with van der Waals surface area (Å²) in [6.07, 6.45) is 9.32. The highest BCUT2D eigenvalue weighted by Crippen LogP contribution is 2.25. The zero-order chi connectivity index (χ0) is 23.2. The maximum atomic E-state index is 12.5. The Hall–Kier alpha value is -2.05. The highest BCUT2D eigenvalue weighted by molar-refractivity contribution is 5.86. The molecule has 2 aromatic rings. The molecule has 0 saturated carbocycles. The molecule has 6 heteroatoms. The van der Waals surface area contributed by atoms with E-state index >= 15 is 0 Å². The van der Waals surface area contributed by atoms with Crippen LogP contribution in [0.5, 0.6) is 5.75 Å². The number of carbonyl (C=O) groups is 1. The number of hydrogen-bond donors (Lipinski definition) is 1. The molecular formula is C28H41BrN2O3. The SMILES string of the molecule is CCCCCCCOc1ccccc1NC(=O)OCC[N+]1(Cc2ccccc2)CCCCC1.[Br-]. The fourth-order valence-corrected chi connectivity index (χ4v) is 4.68. The first-order valence-corrected chi connectivity index (χ1v) is 12.8. The Kier molecular flexibility index (Phi) is 13.1. The molecule has 0 aliphatic carbocycles. The molecule has 34 heavy (non-hydrogen) atoms. The highest BCUT2D eigenvalue weighted by Gasteiger charge is 2.30. The Bertz CT molecular complexity index is 825. The van der Waals surface area contributed by atoms with Crippen molar-refractivity contribution in [3.63, 3.8) is 0 Å². The number of ether oxygens (including phenoxy) is 2. The minimum Gasteiger partial charge on any atom is -1.00 e. The van der Waals surface area contributed by atoms with Crippen molar-refractivity contribution in [2.75, 3.05) is 38.2 Å². The average Bonchev–Trinajstić information content (AvgIpc) is 2.83. The van der Waals surface area contributed by atoms with Gasteiger partial charge < -0.3 is 30.9 Å². The van der Waals surface area contributed by atoms with Crippen molar-refractivity contribution in [2.45, 2.75) is 64.8 Å². The van der Waals surface area contributed by atoms with Crippen LogP contribution in [-0.4, -0.2) is 43.4 Å². The molecule has 3 rings (SSSR count). The lowest BCUT2D eigenvalue weighted by Gasteiger charge is -2.41. The largest absolute Gasteiger partial charge is 1.00 e. The van der Waals surface area contributed by atoms with Crippen LogP contribution in [0.4, 0.5) is 10.5 Å². The second kappa shape index (κ2) is 15.8. The average molecular weight is 534 g/mol. The van der Waals surface area contributed by atoms with Crippen molar-refractivity contribution in [3.8, 4) is 5.75 Å². The maximum Gasteiger partial charge on any atom is 0.411 e. The van der Waals surface area contributed by atoms with E-state index in [4.69, 9.17) is 9.47 Å². The second-order valence-electron chi connectivity index (χ2n) is 9.24. The summed E-state index contributed by atoms with van der Waals surface area (Å²) < 4.78 is 12.5. The maximum absolute atomic E-state index is 12.5. The van der Waals surface area contributed by atoms with E-state index in [1.54, 1.807) is 0 Å². The molecule has 2 aromatic carbocycles. The Morgan fingerprint density at radius 1 is 0.882 bits per heavy atom. The van der Waals surface area contributed by atoms with Crippen LogP contribution in [0.3, 0.4) is 0 Å². The molecule has 5 nitrogen and oxygen atoms in total. The van der Waals surface area contributed by atoms with Crippen LogP contribution in [0.25, 0.3) is 0 Å². The van der Waals surface area contributed by atoms with Crippen molar-refractivity contribution in [1.82, 2.24) is 0 Å². The predicted octanol–water partition coefficient (Wildman–Crippen LogP) is 3.79. The number of nitrogens with zero attached hydrogens (tertiary/aromatic N) is 1. The number of hydrogen-bond acceptors (Lipinski definition) is 3. The molecule has 1 fully saturated rings. The van der Waals surface area contributed by atoms with E-state index in [2.05, 4.69) is 42.6 Å². The van der Waals surface area contributed by atoms with E-state index in [1.165, 1.54) is 50.5 Å². The normalized spacial score (nSPS) is 14.6. The number of unbranched alkanes of at least 4 members (excludes halogenated alkanes) is 4. The van der Waals surface area contributed by atoms with Crippen LogP contribution < -0.4 is 27.0 Å². The zero-order valence-corrected chi connectivity index (χ0v) is 22.2. The number of anilines is 1. The molecule has 1 aliphatic heterocycles. The summed E-state index contributed by atoms with van der Waals surface area (Å²) in [6.45, 7) is 7.44. The predicted molar refractivity (Wildman–Crippen MR) is 135 cm³/mol. The lowest BCUT2D eigenvalue weighted by atomic mass is 10.1. The first kappa shape index (κ1) is 28.2. The second-order valence-corrected chi connectivity index (χ2v) is 9.24. The number of piperidine rings is 1. The van der Waals surface area contributed by atoms with Crippen LogP contribution in [0.2, 0.25) is 0 Å². The Balaban J connectivity index is 0.00000408. The lowest BCUT2D eigenvalue weighted by molar-refractivity contribution is -0.945. The molecule has 0 radical (unpaired) electrons. The number of benzene rings is 2. The van der Waals surface area contributed by atoms with E-state index in [9.17, 15) is 4.79 Å². The third-order valence-corrected chi connectivity index (χ3v) is 6.55. The Morgan fingerprint density at radius 3 is 2.35 bits per heavy atom. The number of amides is 1. The van der Waals surface area contributed by atoms with Crippen LogP contribution >= 0.6 is 0 Å². The molecule has 1 heterocycles. The molecule has 0 atom stereocenters. The van der Waals surface area contributed by atoms with E-state index in [0.29, 0.717) is 24.7 Å². The van der Waals surface area contributed by atoms with Gasteiger partial charge in [0.1, 0.15) is 25.4 Å². The third kappa shape index (κ3) is 9.67. The summed E-state index contributed by atoms with van der Waals surface area (Å²) in [5.74, 6) is 0.702. The van der Waals surface area contributed by atoms with Gasteiger partial charge in [-0.05, 0) is 37.8 Å². The van der Waals surface area contributed by atoms with E-state index < -0.39 is 6.09 Å². The van der Waals surface area contributed by atoms with Gasteiger partial charge in [0.05, 0.1) is 25.4 Å².